The average Bonchev–Trinajstić information content (AvgIpc) is 2.82. The van der Waals surface area contributed by atoms with Gasteiger partial charge in [-0.05, 0) is 57.5 Å². The highest BCUT2D eigenvalue weighted by atomic mass is 32.2. The largest absolute Gasteiger partial charge is 0.315 e. The Morgan fingerprint density at radius 3 is 2.57 bits per heavy atom. The van der Waals surface area contributed by atoms with Crippen LogP contribution in [0.4, 0.5) is 0 Å². The fourth-order valence-electron chi connectivity index (χ4n) is 2.65. The molecule has 4 nitrogen and oxygen atoms in total. The van der Waals surface area contributed by atoms with Crippen LogP contribution >= 0.6 is 23.1 Å². The van der Waals surface area contributed by atoms with Crippen LogP contribution in [-0.4, -0.2) is 33.0 Å². The summed E-state index contributed by atoms with van der Waals surface area (Å²) < 4.78 is 28.3. The summed E-state index contributed by atoms with van der Waals surface area (Å²) in [6.45, 7) is 2.68. The minimum Gasteiger partial charge on any atom is -0.315 e. The Morgan fingerprint density at radius 1 is 1.33 bits per heavy atom. The summed E-state index contributed by atoms with van der Waals surface area (Å²) in [7, 11) is -1.50. The van der Waals surface area contributed by atoms with Crippen LogP contribution in [0.5, 0.6) is 0 Å². The molecule has 1 aliphatic carbocycles. The Bertz CT molecular complexity index is 561. The molecule has 1 heterocycles. The highest BCUT2D eigenvalue weighted by molar-refractivity contribution is 7.99. The van der Waals surface area contributed by atoms with Gasteiger partial charge in [0.25, 0.3) is 0 Å². The summed E-state index contributed by atoms with van der Waals surface area (Å²) >= 11 is 3.26. The fraction of sp³-hybridized carbons (Fsp3) is 0.714. The normalized spacial score (nSPS) is 23.4. The molecule has 1 fully saturated rings. The molecular weight excluding hydrogens is 324 g/mol. The molecule has 120 valence electrons. The average molecular weight is 349 g/mol. The van der Waals surface area contributed by atoms with Gasteiger partial charge in [0, 0.05) is 22.7 Å². The molecule has 0 aromatic carbocycles. The van der Waals surface area contributed by atoms with Gasteiger partial charge in [-0.1, -0.05) is 0 Å². The maximum absolute atomic E-state index is 12.5. The molecule has 0 atom stereocenters. The zero-order valence-corrected chi connectivity index (χ0v) is 15.3. The van der Waals surface area contributed by atoms with Crippen LogP contribution in [0.3, 0.4) is 0 Å². The molecular formula is C14H24N2O2S3. The minimum absolute atomic E-state index is 0.0913. The number of thioether (sulfide) groups is 1. The Labute approximate surface area is 136 Å². The van der Waals surface area contributed by atoms with E-state index in [-0.39, 0.29) is 6.04 Å². The molecule has 2 rings (SSSR count). The van der Waals surface area contributed by atoms with E-state index in [9.17, 15) is 8.42 Å². The first-order chi connectivity index (χ1) is 9.96. The Hall–Kier alpha value is -0.0800. The zero-order valence-electron chi connectivity index (χ0n) is 12.8. The topological polar surface area (TPSA) is 58.2 Å². The third kappa shape index (κ3) is 4.45. The lowest BCUT2D eigenvalue weighted by Crippen LogP contribution is -2.37. The van der Waals surface area contributed by atoms with Gasteiger partial charge in [0.15, 0.2) is 0 Å². The van der Waals surface area contributed by atoms with Crippen LogP contribution in [0, 0.1) is 6.92 Å². The van der Waals surface area contributed by atoms with Gasteiger partial charge in [0.05, 0.1) is 0 Å². The second kappa shape index (κ2) is 7.46. The van der Waals surface area contributed by atoms with Crippen molar-refractivity contribution in [2.24, 2.45) is 0 Å². The fourth-order valence-corrected chi connectivity index (χ4v) is 6.32. The van der Waals surface area contributed by atoms with Crippen molar-refractivity contribution in [2.45, 2.75) is 54.7 Å². The van der Waals surface area contributed by atoms with Crippen molar-refractivity contribution in [1.82, 2.24) is 10.0 Å². The van der Waals surface area contributed by atoms with Gasteiger partial charge >= 0.3 is 0 Å². The van der Waals surface area contributed by atoms with Gasteiger partial charge in [-0.25, -0.2) is 13.1 Å². The summed E-state index contributed by atoms with van der Waals surface area (Å²) in [5.41, 5.74) is 1.04. The van der Waals surface area contributed by atoms with Crippen LogP contribution in [0.15, 0.2) is 10.3 Å². The van der Waals surface area contributed by atoms with Crippen molar-refractivity contribution < 1.29 is 8.42 Å². The molecule has 0 spiro atoms. The number of hydrogen-bond donors (Lipinski definition) is 2. The summed E-state index contributed by atoms with van der Waals surface area (Å²) in [4.78, 5) is 1.09. The van der Waals surface area contributed by atoms with E-state index in [1.54, 1.807) is 6.07 Å². The molecule has 21 heavy (non-hydrogen) atoms. The monoisotopic (exact) mass is 348 g/mol. The molecule has 0 amide bonds. The van der Waals surface area contributed by atoms with E-state index in [1.165, 1.54) is 11.3 Å². The van der Waals surface area contributed by atoms with Crippen molar-refractivity contribution in [1.29, 1.82) is 0 Å². The van der Waals surface area contributed by atoms with Crippen LogP contribution in [0.2, 0.25) is 0 Å². The van der Waals surface area contributed by atoms with Gasteiger partial charge in [-0.2, -0.15) is 11.8 Å². The van der Waals surface area contributed by atoms with Crippen LogP contribution < -0.4 is 10.0 Å². The second-order valence-electron chi connectivity index (χ2n) is 5.53. The van der Waals surface area contributed by atoms with E-state index in [0.717, 1.165) is 36.1 Å². The summed E-state index contributed by atoms with van der Waals surface area (Å²) in [6.07, 6.45) is 6.22. The molecule has 0 aliphatic heterocycles. The lowest BCUT2D eigenvalue weighted by molar-refractivity contribution is 0.420. The number of nitrogens with one attached hydrogen (secondary N) is 2. The van der Waals surface area contributed by atoms with Crippen LogP contribution in [-0.2, 0) is 16.6 Å². The number of sulfonamides is 1. The van der Waals surface area contributed by atoms with E-state index in [2.05, 4.69) is 16.3 Å². The van der Waals surface area contributed by atoms with Crippen molar-refractivity contribution >= 4 is 33.1 Å². The van der Waals surface area contributed by atoms with Gasteiger partial charge in [0.2, 0.25) is 10.0 Å². The molecule has 1 saturated carbocycles. The van der Waals surface area contributed by atoms with E-state index in [4.69, 9.17) is 0 Å². The molecule has 0 radical (unpaired) electrons. The SMILES string of the molecule is CNCc1sc(S(=O)(=O)NC2CCC(SC)CC2)cc1C. The zero-order chi connectivity index (χ0) is 15.5. The maximum Gasteiger partial charge on any atom is 0.250 e. The Balaban J connectivity index is 2.03. The summed E-state index contributed by atoms with van der Waals surface area (Å²) in [6, 6.07) is 1.88. The van der Waals surface area contributed by atoms with E-state index in [0.29, 0.717) is 16.0 Å². The quantitative estimate of drug-likeness (QED) is 0.830. The Kier molecular flexibility index (Phi) is 6.14. The van der Waals surface area contributed by atoms with Crippen LogP contribution in [0.1, 0.15) is 36.1 Å². The van der Waals surface area contributed by atoms with E-state index >= 15 is 0 Å². The molecule has 0 saturated heterocycles. The maximum atomic E-state index is 12.5. The lowest BCUT2D eigenvalue weighted by Gasteiger charge is -2.27. The molecule has 7 heteroatoms. The summed E-state index contributed by atoms with van der Waals surface area (Å²) in [5, 5.41) is 3.77. The van der Waals surface area contributed by atoms with Crippen LogP contribution in [0.25, 0.3) is 0 Å². The number of thiophene rings is 1. The van der Waals surface area contributed by atoms with Crippen molar-refractivity contribution in [3.63, 3.8) is 0 Å². The molecule has 1 aromatic rings. The highest BCUT2D eigenvalue weighted by Crippen LogP contribution is 2.30. The number of hydrogen-bond acceptors (Lipinski definition) is 5. The Morgan fingerprint density at radius 2 is 2.00 bits per heavy atom. The molecule has 2 N–H and O–H groups in total. The molecule has 0 bridgehead atoms. The standard InChI is InChI=1S/C14H24N2O2S3/c1-10-8-14(20-13(10)9-15-2)21(17,18)16-11-4-6-12(19-3)7-5-11/h8,11-12,15-16H,4-7,9H2,1-3H3. The van der Waals surface area contributed by atoms with Crippen molar-refractivity contribution in [3.8, 4) is 0 Å². The lowest BCUT2D eigenvalue weighted by atomic mass is 9.96. The third-order valence-corrected chi connectivity index (χ3v) is 8.30. The first-order valence-electron chi connectivity index (χ1n) is 7.25. The molecule has 1 aliphatic rings. The highest BCUT2D eigenvalue weighted by Gasteiger charge is 2.26. The molecule has 0 unspecified atom stereocenters. The summed E-state index contributed by atoms with van der Waals surface area (Å²) in [5.74, 6) is 0. The molecule has 1 aromatic heterocycles. The van der Waals surface area contributed by atoms with Crippen molar-refractivity contribution in [2.75, 3.05) is 13.3 Å². The third-order valence-electron chi connectivity index (χ3n) is 3.93. The second-order valence-corrected chi connectivity index (χ2v) is 9.75. The number of aryl methyl sites for hydroxylation is 1. The first-order valence-corrected chi connectivity index (χ1v) is 10.8. The van der Waals surface area contributed by atoms with Gasteiger partial charge in [-0.15, -0.1) is 11.3 Å². The van der Waals surface area contributed by atoms with Gasteiger partial charge in [-0.3, -0.25) is 0 Å². The predicted molar refractivity (Wildman–Crippen MR) is 91.7 cm³/mol. The van der Waals surface area contributed by atoms with E-state index < -0.39 is 10.0 Å². The van der Waals surface area contributed by atoms with Gasteiger partial charge in [0.1, 0.15) is 4.21 Å². The van der Waals surface area contributed by atoms with Gasteiger partial charge < -0.3 is 5.32 Å². The predicted octanol–water partition coefficient (Wildman–Crippen LogP) is 2.73. The minimum atomic E-state index is -3.37. The van der Waals surface area contributed by atoms with E-state index in [1.807, 2.05) is 25.7 Å². The number of rotatable bonds is 6. The first kappa shape index (κ1) is 17.3. The van der Waals surface area contributed by atoms with Crippen molar-refractivity contribution in [3.05, 3.63) is 16.5 Å². The smallest absolute Gasteiger partial charge is 0.250 e.